The number of carbonyl (C=O) groups excluding carboxylic acids is 2. The van der Waals surface area contributed by atoms with Gasteiger partial charge in [-0.3, -0.25) is 9.59 Å². The number of carbonyl (C=O) groups is 2. The van der Waals surface area contributed by atoms with Gasteiger partial charge in [0.15, 0.2) is 0 Å². The standard InChI is InChI=1S/C22H25N3O4S2/c1-2-20(26)24-21-12-16-13-25(14-19(16)30-21)31(28,29)18-10-8-15(9-11-18)22(27)23-17-6-4-3-5-7-17/h2,8-12,17H,1,3-7,13-14H2,(H,23,27)(H,24,26). The number of rotatable bonds is 6. The molecule has 1 aromatic carbocycles. The molecule has 0 spiro atoms. The highest BCUT2D eigenvalue weighted by Gasteiger charge is 2.32. The summed E-state index contributed by atoms with van der Waals surface area (Å²) in [6.07, 6.45) is 6.66. The van der Waals surface area contributed by atoms with E-state index in [1.807, 2.05) is 0 Å². The molecule has 164 valence electrons. The summed E-state index contributed by atoms with van der Waals surface area (Å²) in [4.78, 5) is 25.0. The minimum atomic E-state index is -3.68. The minimum Gasteiger partial charge on any atom is -0.349 e. The smallest absolute Gasteiger partial charge is 0.251 e. The highest BCUT2D eigenvalue weighted by molar-refractivity contribution is 7.89. The third-order valence-corrected chi connectivity index (χ3v) is 8.57. The van der Waals surface area contributed by atoms with Crippen LogP contribution < -0.4 is 10.6 Å². The lowest BCUT2D eigenvalue weighted by Crippen LogP contribution is -2.36. The number of anilines is 1. The van der Waals surface area contributed by atoms with Gasteiger partial charge in [0.25, 0.3) is 5.91 Å². The number of thiophene rings is 1. The summed E-state index contributed by atoms with van der Waals surface area (Å²) in [7, 11) is -3.68. The van der Waals surface area contributed by atoms with Crippen LogP contribution in [0.2, 0.25) is 0 Å². The maximum absolute atomic E-state index is 13.1. The molecule has 0 atom stereocenters. The van der Waals surface area contributed by atoms with Crippen molar-refractivity contribution < 1.29 is 18.0 Å². The molecule has 1 fully saturated rings. The molecule has 9 heteroatoms. The van der Waals surface area contributed by atoms with Gasteiger partial charge in [0.1, 0.15) is 0 Å². The molecule has 0 radical (unpaired) electrons. The fourth-order valence-corrected chi connectivity index (χ4v) is 6.55. The first-order valence-corrected chi connectivity index (χ1v) is 12.6. The number of hydrogen-bond acceptors (Lipinski definition) is 5. The van der Waals surface area contributed by atoms with Gasteiger partial charge in [-0.05, 0) is 54.8 Å². The number of hydrogen-bond donors (Lipinski definition) is 2. The van der Waals surface area contributed by atoms with Crippen LogP contribution in [0.1, 0.15) is 52.9 Å². The third kappa shape index (κ3) is 4.73. The van der Waals surface area contributed by atoms with E-state index in [2.05, 4.69) is 17.2 Å². The molecule has 31 heavy (non-hydrogen) atoms. The number of benzene rings is 1. The Balaban J connectivity index is 1.41. The Morgan fingerprint density at radius 1 is 1.10 bits per heavy atom. The molecule has 7 nitrogen and oxygen atoms in total. The molecule has 1 saturated carbocycles. The zero-order valence-electron chi connectivity index (χ0n) is 17.1. The Labute approximate surface area is 186 Å². The first kappa shape index (κ1) is 21.7. The molecule has 1 aromatic heterocycles. The van der Waals surface area contributed by atoms with Crippen molar-refractivity contribution in [2.24, 2.45) is 0 Å². The summed E-state index contributed by atoms with van der Waals surface area (Å²) >= 11 is 1.36. The molecule has 2 N–H and O–H groups in total. The van der Waals surface area contributed by atoms with Crippen LogP contribution in [0.3, 0.4) is 0 Å². The van der Waals surface area contributed by atoms with Crippen LogP contribution >= 0.6 is 11.3 Å². The normalized spacial score (nSPS) is 17.2. The lowest BCUT2D eigenvalue weighted by Gasteiger charge is -2.22. The molecule has 4 rings (SSSR count). The van der Waals surface area contributed by atoms with Crippen molar-refractivity contribution in [1.29, 1.82) is 0 Å². The lowest BCUT2D eigenvalue weighted by atomic mass is 9.95. The van der Waals surface area contributed by atoms with Crippen molar-refractivity contribution in [1.82, 2.24) is 9.62 Å². The zero-order valence-corrected chi connectivity index (χ0v) is 18.7. The van der Waals surface area contributed by atoms with Gasteiger partial charge in [0, 0.05) is 29.6 Å². The zero-order chi connectivity index (χ0) is 22.0. The number of sulfonamides is 1. The first-order valence-electron chi connectivity index (χ1n) is 10.3. The minimum absolute atomic E-state index is 0.159. The highest BCUT2D eigenvalue weighted by Crippen LogP contribution is 2.36. The number of fused-ring (bicyclic) bond motifs is 1. The fourth-order valence-electron chi connectivity index (χ4n) is 3.99. The van der Waals surface area contributed by atoms with Gasteiger partial charge in [-0.15, -0.1) is 11.3 Å². The molecule has 1 aliphatic heterocycles. The molecule has 2 aliphatic rings. The van der Waals surface area contributed by atoms with Crippen molar-refractivity contribution in [3.63, 3.8) is 0 Å². The molecule has 1 aliphatic carbocycles. The van der Waals surface area contributed by atoms with E-state index in [1.54, 1.807) is 18.2 Å². The molecule has 0 saturated heterocycles. The van der Waals surface area contributed by atoms with Crippen molar-refractivity contribution in [3.05, 3.63) is 59.0 Å². The Kier molecular flexibility index (Phi) is 6.27. The average molecular weight is 460 g/mol. The van der Waals surface area contributed by atoms with Crippen LogP contribution in [0.15, 0.2) is 47.9 Å². The highest BCUT2D eigenvalue weighted by atomic mass is 32.2. The summed E-state index contributed by atoms with van der Waals surface area (Å²) in [5.74, 6) is -0.453. The van der Waals surface area contributed by atoms with E-state index in [0.29, 0.717) is 10.6 Å². The quantitative estimate of drug-likeness (QED) is 0.645. The van der Waals surface area contributed by atoms with Crippen LogP contribution in [0, 0.1) is 0 Å². The van der Waals surface area contributed by atoms with Crippen LogP contribution in [0.25, 0.3) is 0 Å². The monoisotopic (exact) mass is 459 g/mol. The van der Waals surface area contributed by atoms with Gasteiger partial charge in [-0.2, -0.15) is 4.31 Å². The summed E-state index contributed by atoms with van der Waals surface area (Å²) < 4.78 is 27.5. The van der Waals surface area contributed by atoms with Gasteiger partial charge in [-0.25, -0.2) is 8.42 Å². The second kappa shape index (κ2) is 8.94. The van der Waals surface area contributed by atoms with Gasteiger partial charge in [0.2, 0.25) is 15.9 Å². The lowest BCUT2D eigenvalue weighted by molar-refractivity contribution is -0.111. The van der Waals surface area contributed by atoms with E-state index in [1.165, 1.54) is 40.3 Å². The van der Waals surface area contributed by atoms with Crippen LogP contribution in [0.4, 0.5) is 5.00 Å². The first-order chi connectivity index (χ1) is 14.9. The average Bonchev–Trinajstić information content (AvgIpc) is 3.33. The second-order valence-electron chi connectivity index (χ2n) is 7.86. The fraction of sp³-hybridized carbons (Fsp3) is 0.364. The van der Waals surface area contributed by atoms with Crippen molar-refractivity contribution in [3.8, 4) is 0 Å². The van der Waals surface area contributed by atoms with E-state index in [9.17, 15) is 18.0 Å². The van der Waals surface area contributed by atoms with Crippen LogP contribution in [-0.2, 0) is 27.9 Å². The summed E-state index contributed by atoms with van der Waals surface area (Å²) in [5, 5.41) is 6.43. The van der Waals surface area contributed by atoms with E-state index in [-0.39, 0.29) is 35.8 Å². The third-order valence-electron chi connectivity index (χ3n) is 5.69. The van der Waals surface area contributed by atoms with Gasteiger partial charge < -0.3 is 10.6 Å². The Morgan fingerprint density at radius 3 is 2.45 bits per heavy atom. The molecular formula is C22H25N3O4S2. The molecule has 2 amide bonds. The number of nitrogens with zero attached hydrogens (tertiary/aromatic N) is 1. The van der Waals surface area contributed by atoms with E-state index in [0.717, 1.165) is 36.1 Å². The Bertz CT molecular complexity index is 1080. The number of amides is 2. The second-order valence-corrected chi connectivity index (χ2v) is 10.9. The van der Waals surface area contributed by atoms with Crippen LogP contribution in [0.5, 0.6) is 0 Å². The molecular weight excluding hydrogens is 434 g/mol. The summed E-state index contributed by atoms with van der Waals surface area (Å²) in [6, 6.07) is 8.13. The SMILES string of the molecule is C=CC(=O)Nc1cc2c(s1)CN(S(=O)(=O)c1ccc(C(=O)NC3CCCCC3)cc1)C2. The Hall–Kier alpha value is -2.49. The largest absolute Gasteiger partial charge is 0.349 e. The van der Waals surface area contributed by atoms with Gasteiger partial charge >= 0.3 is 0 Å². The molecule has 0 unspecified atom stereocenters. The molecule has 2 heterocycles. The predicted octanol–water partition coefficient (Wildman–Crippen LogP) is 3.64. The van der Waals surface area contributed by atoms with E-state index in [4.69, 9.17) is 0 Å². The van der Waals surface area contributed by atoms with Crippen molar-refractivity contribution in [2.45, 2.75) is 56.1 Å². The van der Waals surface area contributed by atoms with Crippen molar-refractivity contribution in [2.75, 3.05) is 5.32 Å². The molecule has 0 bridgehead atoms. The van der Waals surface area contributed by atoms with Crippen LogP contribution in [-0.4, -0.2) is 30.6 Å². The molecule has 2 aromatic rings. The summed E-state index contributed by atoms with van der Waals surface area (Å²) in [5.41, 5.74) is 1.35. The Morgan fingerprint density at radius 2 is 1.81 bits per heavy atom. The topological polar surface area (TPSA) is 95.6 Å². The maximum Gasteiger partial charge on any atom is 0.251 e. The van der Waals surface area contributed by atoms with Gasteiger partial charge in [0.05, 0.1) is 9.90 Å². The summed E-state index contributed by atoms with van der Waals surface area (Å²) in [6.45, 7) is 3.94. The maximum atomic E-state index is 13.1. The number of nitrogens with one attached hydrogen (secondary N) is 2. The van der Waals surface area contributed by atoms with Crippen molar-refractivity contribution >= 4 is 38.2 Å². The van der Waals surface area contributed by atoms with Gasteiger partial charge in [-0.1, -0.05) is 25.8 Å². The van der Waals surface area contributed by atoms with E-state index < -0.39 is 10.0 Å². The van der Waals surface area contributed by atoms with E-state index >= 15 is 0 Å². The predicted molar refractivity (Wildman–Crippen MR) is 120 cm³/mol.